The number of hydrogen-bond donors (Lipinski definition) is 2. The summed E-state index contributed by atoms with van der Waals surface area (Å²) in [5.74, 6) is -0.0167. The predicted molar refractivity (Wildman–Crippen MR) is 75.6 cm³/mol. The minimum atomic E-state index is -0.0167. The van der Waals surface area contributed by atoms with E-state index in [0.29, 0.717) is 10.7 Å². The predicted octanol–water partition coefficient (Wildman–Crippen LogP) is 4.94. The number of H-pyrrole nitrogens is 1. The minimum absolute atomic E-state index is 0.0167. The Labute approximate surface area is 114 Å². The Morgan fingerprint density at radius 1 is 1.00 bits per heavy atom. The van der Waals surface area contributed by atoms with E-state index in [4.69, 9.17) is 11.6 Å². The Bertz CT molecular complexity index is 750. The minimum Gasteiger partial charge on any atom is -0.493 e. The summed E-state index contributed by atoms with van der Waals surface area (Å²) in [4.78, 5) is 2.83. The molecule has 2 N–H and O–H groups in total. The van der Waals surface area contributed by atoms with Gasteiger partial charge >= 0.3 is 0 Å². The summed E-state index contributed by atoms with van der Waals surface area (Å²) in [6.45, 7) is 0. The molecule has 0 saturated heterocycles. The van der Waals surface area contributed by atoms with Crippen molar-refractivity contribution in [1.82, 2.24) is 4.98 Å². The summed E-state index contributed by atoms with van der Waals surface area (Å²) < 4.78 is 0. The van der Waals surface area contributed by atoms with E-state index in [0.717, 1.165) is 16.6 Å². The number of nitrogens with one attached hydrogen (secondary N) is 1. The van der Waals surface area contributed by atoms with Crippen LogP contribution in [0, 0.1) is 0 Å². The number of benzene rings is 2. The first-order chi connectivity index (χ1) is 9.24. The van der Waals surface area contributed by atoms with E-state index < -0.39 is 0 Å². The van der Waals surface area contributed by atoms with Crippen molar-refractivity contribution < 1.29 is 5.11 Å². The number of aromatic hydroxyl groups is 1. The van der Waals surface area contributed by atoms with Crippen molar-refractivity contribution in [1.29, 1.82) is 0 Å². The van der Waals surface area contributed by atoms with E-state index in [-0.39, 0.29) is 5.88 Å². The van der Waals surface area contributed by atoms with Crippen molar-refractivity contribution in [3.8, 4) is 5.88 Å². The Hall–Kier alpha value is -2.33. The number of rotatable bonds is 2. The fourth-order valence-electron chi connectivity index (χ4n) is 1.84. The van der Waals surface area contributed by atoms with Crippen molar-refractivity contribution in [3.63, 3.8) is 0 Å². The highest BCUT2D eigenvalue weighted by Gasteiger charge is 2.10. The number of fused-ring (bicyclic) bond motifs is 1. The van der Waals surface area contributed by atoms with Gasteiger partial charge in [-0.25, -0.2) is 0 Å². The first kappa shape index (κ1) is 11.7. The zero-order chi connectivity index (χ0) is 13.2. The molecule has 0 atom stereocenters. The normalized spacial score (nSPS) is 11.4. The summed E-state index contributed by atoms with van der Waals surface area (Å²) >= 11 is 5.95. The van der Waals surface area contributed by atoms with Crippen LogP contribution >= 0.6 is 11.6 Å². The molecule has 0 saturated carbocycles. The van der Waals surface area contributed by atoms with Crippen LogP contribution in [0.3, 0.4) is 0 Å². The third kappa shape index (κ3) is 2.30. The summed E-state index contributed by atoms with van der Waals surface area (Å²) in [7, 11) is 0. The molecule has 0 bridgehead atoms. The summed E-state index contributed by atoms with van der Waals surface area (Å²) in [5, 5.41) is 19.4. The first-order valence-electron chi connectivity index (χ1n) is 5.71. The molecule has 3 aromatic rings. The second kappa shape index (κ2) is 4.74. The molecule has 0 aliphatic heterocycles. The second-order valence-electron chi connectivity index (χ2n) is 4.05. The van der Waals surface area contributed by atoms with E-state index in [2.05, 4.69) is 15.2 Å². The van der Waals surface area contributed by atoms with Crippen molar-refractivity contribution >= 4 is 33.9 Å². The summed E-state index contributed by atoms with van der Waals surface area (Å²) in [6.07, 6.45) is 0. The van der Waals surface area contributed by atoms with Crippen LogP contribution in [0.25, 0.3) is 10.9 Å². The van der Waals surface area contributed by atoms with E-state index in [1.165, 1.54) is 0 Å². The second-order valence-corrected chi connectivity index (χ2v) is 4.48. The van der Waals surface area contributed by atoms with Gasteiger partial charge in [-0.15, -0.1) is 5.11 Å². The molecule has 0 unspecified atom stereocenters. The van der Waals surface area contributed by atoms with Crippen molar-refractivity contribution in [2.24, 2.45) is 10.2 Å². The molecule has 4 nitrogen and oxygen atoms in total. The average Bonchev–Trinajstić information content (AvgIpc) is 2.73. The Morgan fingerprint density at radius 3 is 2.58 bits per heavy atom. The molecule has 2 aromatic carbocycles. The smallest absolute Gasteiger partial charge is 0.218 e. The molecule has 0 aliphatic rings. The number of aromatic amines is 1. The van der Waals surface area contributed by atoms with E-state index >= 15 is 0 Å². The molecular formula is C14H10ClN3O. The molecule has 19 heavy (non-hydrogen) atoms. The Morgan fingerprint density at radius 2 is 1.79 bits per heavy atom. The highest BCUT2D eigenvalue weighted by molar-refractivity contribution is 6.31. The first-order valence-corrected chi connectivity index (χ1v) is 6.09. The standard InChI is InChI=1S/C14H10ClN3O/c15-9-6-7-12-11(8-9)13(14(19)16-12)18-17-10-4-2-1-3-5-10/h1-8,16,19H. The van der Waals surface area contributed by atoms with Gasteiger partial charge in [0.2, 0.25) is 5.88 Å². The van der Waals surface area contributed by atoms with Gasteiger partial charge in [-0.1, -0.05) is 29.8 Å². The molecule has 0 amide bonds. The lowest BCUT2D eigenvalue weighted by Gasteiger charge is -1.93. The van der Waals surface area contributed by atoms with Crippen LogP contribution in [0.4, 0.5) is 11.4 Å². The quantitative estimate of drug-likeness (QED) is 0.637. The van der Waals surface area contributed by atoms with E-state index in [1.54, 1.807) is 18.2 Å². The third-order valence-electron chi connectivity index (χ3n) is 2.74. The van der Waals surface area contributed by atoms with Crippen LogP contribution in [-0.4, -0.2) is 10.1 Å². The van der Waals surface area contributed by atoms with Crippen LogP contribution in [0.1, 0.15) is 0 Å². The SMILES string of the molecule is Oc1[nH]c2ccc(Cl)cc2c1N=Nc1ccccc1. The van der Waals surface area contributed by atoms with Gasteiger partial charge in [0, 0.05) is 10.4 Å². The molecular weight excluding hydrogens is 262 g/mol. The number of nitrogens with zero attached hydrogens (tertiary/aromatic N) is 2. The Balaban J connectivity index is 2.07. The molecule has 1 heterocycles. The number of aromatic nitrogens is 1. The van der Waals surface area contributed by atoms with Gasteiger partial charge in [-0.3, -0.25) is 0 Å². The van der Waals surface area contributed by atoms with Gasteiger partial charge in [0.25, 0.3) is 0 Å². The topological polar surface area (TPSA) is 60.7 Å². The molecule has 3 rings (SSSR count). The van der Waals surface area contributed by atoms with Gasteiger partial charge in [-0.2, -0.15) is 5.11 Å². The number of azo groups is 1. The van der Waals surface area contributed by atoms with Gasteiger partial charge in [0.15, 0.2) is 5.69 Å². The fourth-order valence-corrected chi connectivity index (χ4v) is 2.01. The van der Waals surface area contributed by atoms with Gasteiger partial charge in [-0.05, 0) is 30.3 Å². The summed E-state index contributed by atoms with van der Waals surface area (Å²) in [6, 6.07) is 14.6. The van der Waals surface area contributed by atoms with Gasteiger partial charge in [0.05, 0.1) is 11.2 Å². The maximum absolute atomic E-state index is 9.85. The zero-order valence-electron chi connectivity index (χ0n) is 9.84. The fraction of sp³-hybridized carbons (Fsp3) is 0. The largest absolute Gasteiger partial charge is 0.493 e. The van der Waals surface area contributed by atoms with Crippen LogP contribution in [0.15, 0.2) is 58.8 Å². The monoisotopic (exact) mass is 271 g/mol. The molecule has 0 radical (unpaired) electrons. The molecule has 0 spiro atoms. The van der Waals surface area contributed by atoms with E-state index in [9.17, 15) is 5.11 Å². The molecule has 1 aromatic heterocycles. The van der Waals surface area contributed by atoms with E-state index in [1.807, 2.05) is 30.3 Å². The lowest BCUT2D eigenvalue weighted by molar-refractivity contribution is 0.459. The molecule has 94 valence electrons. The molecule has 0 aliphatic carbocycles. The number of hydrogen-bond acceptors (Lipinski definition) is 3. The lowest BCUT2D eigenvalue weighted by Crippen LogP contribution is -1.67. The van der Waals surface area contributed by atoms with Crippen LogP contribution in [0.5, 0.6) is 5.88 Å². The van der Waals surface area contributed by atoms with Crippen LogP contribution in [0.2, 0.25) is 5.02 Å². The van der Waals surface area contributed by atoms with Gasteiger partial charge < -0.3 is 10.1 Å². The third-order valence-corrected chi connectivity index (χ3v) is 2.97. The van der Waals surface area contributed by atoms with Gasteiger partial charge in [0.1, 0.15) is 0 Å². The maximum Gasteiger partial charge on any atom is 0.218 e. The van der Waals surface area contributed by atoms with Crippen molar-refractivity contribution in [3.05, 3.63) is 53.6 Å². The number of halogens is 1. The van der Waals surface area contributed by atoms with Crippen LogP contribution < -0.4 is 0 Å². The highest BCUT2D eigenvalue weighted by atomic mass is 35.5. The average molecular weight is 272 g/mol. The molecule has 5 heteroatoms. The van der Waals surface area contributed by atoms with Crippen molar-refractivity contribution in [2.75, 3.05) is 0 Å². The maximum atomic E-state index is 9.85. The Kier molecular flexibility index (Phi) is 2.93. The highest BCUT2D eigenvalue weighted by Crippen LogP contribution is 2.37. The lowest BCUT2D eigenvalue weighted by atomic mass is 10.2. The van der Waals surface area contributed by atoms with Crippen molar-refractivity contribution in [2.45, 2.75) is 0 Å². The summed E-state index contributed by atoms with van der Waals surface area (Å²) in [5.41, 5.74) is 1.88. The molecule has 0 fully saturated rings. The zero-order valence-corrected chi connectivity index (χ0v) is 10.6. The van der Waals surface area contributed by atoms with Crippen LogP contribution in [-0.2, 0) is 0 Å².